The van der Waals surface area contributed by atoms with E-state index in [1.807, 2.05) is 24.3 Å². The zero-order chi connectivity index (χ0) is 30.1. The van der Waals surface area contributed by atoms with Crippen LogP contribution in [-0.4, -0.2) is 64.5 Å². The van der Waals surface area contributed by atoms with Crippen molar-refractivity contribution in [1.82, 2.24) is 4.72 Å². The van der Waals surface area contributed by atoms with Gasteiger partial charge in [0.25, 0.3) is 0 Å². The van der Waals surface area contributed by atoms with Crippen molar-refractivity contribution < 1.29 is 37.0 Å². The minimum absolute atomic E-state index is 0.0248. The van der Waals surface area contributed by atoms with Crippen LogP contribution in [0.3, 0.4) is 0 Å². The van der Waals surface area contributed by atoms with Crippen molar-refractivity contribution in [3.8, 4) is 11.5 Å². The molecule has 2 rings (SSSR count). The largest absolute Gasteiger partial charge is 0.490 e. The molecular weight excluding hydrogens is 696 g/mol. The van der Waals surface area contributed by atoms with Gasteiger partial charge in [0.15, 0.2) is 0 Å². The van der Waals surface area contributed by atoms with Crippen molar-refractivity contribution in [2.75, 3.05) is 31.9 Å². The number of esters is 2. The molecule has 0 aliphatic carbocycles. The molecule has 2 aromatic carbocycles. The van der Waals surface area contributed by atoms with Gasteiger partial charge in [0.2, 0.25) is 10.0 Å². The van der Waals surface area contributed by atoms with Gasteiger partial charge >= 0.3 is 11.9 Å². The molecule has 0 heterocycles. The lowest BCUT2D eigenvalue weighted by molar-refractivity contribution is -0.148. The minimum Gasteiger partial charge on any atom is -0.490 e. The molecule has 0 unspecified atom stereocenters. The molecule has 0 spiro atoms. The Labute approximate surface area is 259 Å². The number of rotatable bonds is 15. The number of benzene rings is 2. The molecular formula is C27H34Cl2INO8S. The van der Waals surface area contributed by atoms with Gasteiger partial charge in [-0.05, 0) is 29.3 Å². The second kappa shape index (κ2) is 15.4. The number of sulfonamides is 1. The van der Waals surface area contributed by atoms with E-state index in [1.54, 1.807) is 12.1 Å². The lowest BCUT2D eigenvalue weighted by atomic mass is 9.77. The third kappa shape index (κ3) is 10.9. The highest BCUT2D eigenvalue weighted by molar-refractivity contribution is 14.1. The number of halogens is 3. The Morgan fingerprint density at radius 3 is 2.08 bits per heavy atom. The molecule has 0 fully saturated rings. The van der Waals surface area contributed by atoms with Crippen LogP contribution in [0.1, 0.15) is 44.4 Å². The van der Waals surface area contributed by atoms with Gasteiger partial charge in [-0.25, -0.2) is 13.1 Å². The Balaban J connectivity index is 2.18. The van der Waals surface area contributed by atoms with Gasteiger partial charge in [0.1, 0.15) is 36.9 Å². The van der Waals surface area contributed by atoms with E-state index in [9.17, 15) is 18.0 Å². The summed E-state index contributed by atoms with van der Waals surface area (Å²) >= 11 is 14.8. The Morgan fingerprint density at radius 1 is 0.975 bits per heavy atom. The highest BCUT2D eigenvalue weighted by atomic mass is 127. The molecule has 0 amide bonds. The van der Waals surface area contributed by atoms with Crippen molar-refractivity contribution >= 4 is 67.8 Å². The number of alkyl halides is 2. The number of ether oxygens (including phenoxy) is 4. The first kappa shape index (κ1) is 34.4. The first-order valence-electron chi connectivity index (χ1n) is 12.3. The van der Waals surface area contributed by atoms with Gasteiger partial charge in [-0.3, -0.25) is 9.59 Å². The SMILES string of the molecule is CC(=O)O[C@@H](CNS(C)(=O)=O)COc1ccc(C(C)(C)c2cc(Cl)c(OC[C@H](CCl)OC(C)=O)c(CI)c2)cc1. The number of hydrogen-bond acceptors (Lipinski definition) is 8. The molecule has 9 nitrogen and oxygen atoms in total. The smallest absolute Gasteiger partial charge is 0.303 e. The topological polar surface area (TPSA) is 117 Å². The van der Waals surface area contributed by atoms with Crippen molar-refractivity contribution in [1.29, 1.82) is 0 Å². The Hall–Kier alpha value is -1.80. The van der Waals surface area contributed by atoms with Crippen molar-refractivity contribution in [2.24, 2.45) is 0 Å². The van der Waals surface area contributed by atoms with Crippen LogP contribution < -0.4 is 14.2 Å². The summed E-state index contributed by atoms with van der Waals surface area (Å²) in [5, 5.41) is 0.438. The zero-order valence-corrected chi connectivity index (χ0v) is 27.4. The maximum Gasteiger partial charge on any atom is 0.303 e. The molecule has 0 aromatic heterocycles. The van der Waals surface area contributed by atoms with Gasteiger partial charge in [0.05, 0.1) is 23.7 Å². The number of carbonyl (C=O) groups excluding carboxylic acids is 2. The molecule has 13 heteroatoms. The van der Waals surface area contributed by atoms with Crippen LogP contribution >= 0.6 is 45.8 Å². The van der Waals surface area contributed by atoms with E-state index in [-0.39, 0.29) is 25.6 Å². The first-order chi connectivity index (χ1) is 18.7. The average molecular weight is 730 g/mol. The molecule has 0 aliphatic rings. The first-order valence-corrected chi connectivity index (χ1v) is 16.6. The quantitative estimate of drug-likeness (QED) is 0.155. The molecule has 0 radical (unpaired) electrons. The van der Waals surface area contributed by atoms with Crippen LogP contribution in [0.15, 0.2) is 36.4 Å². The third-order valence-corrected chi connectivity index (χ3v) is 7.96. The van der Waals surface area contributed by atoms with Crippen LogP contribution in [-0.2, 0) is 38.9 Å². The average Bonchev–Trinajstić information content (AvgIpc) is 2.87. The van der Waals surface area contributed by atoms with Crippen molar-refractivity contribution in [3.63, 3.8) is 0 Å². The van der Waals surface area contributed by atoms with Gasteiger partial charge < -0.3 is 18.9 Å². The maximum absolute atomic E-state index is 11.4. The van der Waals surface area contributed by atoms with E-state index in [1.165, 1.54) is 13.8 Å². The second-order valence-electron chi connectivity index (χ2n) is 9.59. The lowest BCUT2D eigenvalue weighted by Gasteiger charge is -2.28. The molecule has 2 aromatic rings. The maximum atomic E-state index is 11.4. The minimum atomic E-state index is -3.45. The summed E-state index contributed by atoms with van der Waals surface area (Å²) in [4.78, 5) is 22.7. The van der Waals surface area contributed by atoms with Crippen LogP contribution in [0.2, 0.25) is 5.02 Å². The van der Waals surface area contributed by atoms with E-state index in [4.69, 9.17) is 42.1 Å². The van der Waals surface area contributed by atoms with Crippen molar-refractivity contribution in [3.05, 3.63) is 58.1 Å². The van der Waals surface area contributed by atoms with Gasteiger partial charge in [-0.15, -0.1) is 11.6 Å². The van der Waals surface area contributed by atoms with Crippen LogP contribution in [0.4, 0.5) is 0 Å². The summed E-state index contributed by atoms with van der Waals surface area (Å²) in [5.74, 6) is 0.187. The Kier molecular flexibility index (Phi) is 13.3. The molecule has 222 valence electrons. The molecule has 0 bridgehead atoms. The number of nitrogens with one attached hydrogen (secondary N) is 1. The van der Waals surface area contributed by atoms with Crippen LogP contribution in [0.5, 0.6) is 11.5 Å². The summed E-state index contributed by atoms with van der Waals surface area (Å²) in [6.45, 7) is 6.67. The van der Waals surface area contributed by atoms with Gasteiger partial charge in [0, 0.05) is 29.3 Å². The highest BCUT2D eigenvalue weighted by Gasteiger charge is 2.26. The molecule has 2 atom stereocenters. The van der Waals surface area contributed by atoms with E-state index < -0.39 is 39.6 Å². The predicted octanol–water partition coefficient (Wildman–Crippen LogP) is 5.01. The number of carbonyl (C=O) groups is 2. The highest BCUT2D eigenvalue weighted by Crippen LogP contribution is 2.39. The summed E-state index contributed by atoms with van der Waals surface area (Å²) < 4.78 is 47.8. The second-order valence-corrected chi connectivity index (χ2v) is 12.9. The Morgan fingerprint density at radius 2 is 1.55 bits per heavy atom. The van der Waals surface area contributed by atoms with Gasteiger partial charge in [-0.2, -0.15) is 0 Å². The summed E-state index contributed by atoms with van der Waals surface area (Å²) in [6, 6.07) is 11.3. The zero-order valence-electron chi connectivity index (χ0n) is 23.0. The fraction of sp³-hybridized carbons (Fsp3) is 0.481. The monoisotopic (exact) mass is 729 g/mol. The molecule has 1 N–H and O–H groups in total. The normalized spacial score (nSPS) is 13.3. The fourth-order valence-corrected chi connectivity index (χ4v) is 5.23. The fourth-order valence-electron chi connectivity index (χ4n) is 3.73. The summed E-state index contributed by atoms with van der Waals surface area (Å²) in [5.41, 5.74) is 2.43. The lowest BCUT2D eigenvalue weighted by Crippen LogP contribution is -2.37. The summed E-state index contributed by atoms with van der Waals surface area (Å²) in [7, 11) is -3.45. The molecule has 0 saturated heterocycles. The number of hydrogen-bond donors (Lipinski definition) is 1. The third-order valence-electron chi connectivity index (χ3n) is 5.82. The summed E-state index contributed by atoms with van der Waals surface area (Å²) in [6.07, 6.45) is -0.348. The van der Waals surface area contributed by atoms with E-state index in [2.05, 4.69) is 41.2 Å². The molecule has 40 heavy (non-hydrogen) atoms. The van der Waals surface area contributed by atoms with Crippen molar-refractivity contribution in [2.45, 2.75) is 49.7 Å². The molecule has 0 aliphatic heterocycles. The van der Waals surface area contributed by atoms with Crippen LogP contribution in [0, 0.1) is 0 Å². The van der Waals surface area contributed by atoms with E-state index >= 15 is 0 Å². The molecule has 0 saturated carbocycles. The standard InChI is InChI=1S/C27H34Cl2INO8S/c1-17(32)38-23(12-28)15-37-26-19(13-30)10-21(11-25(26)29)27(3,4)20-6-8-22(9-7-20)36-16-24(39-18(2)33)14-31-40(5,34)35/h6-11,23-24,31H,12-16H2,1-5H3/t23-,24-/m0/s1. The van der Waals surface area contributed by atoms with Gasteiger partial charge in [-0.1, -0.05) is 66.2 Å². The van der Waals surface area contributed by atoms with Crippen LogP contribution in [0.25, 0.3) is 0 Å². The van der Waals surface area contributed by atoms with E-state index in [0.29, 0.717) is 20.9 Å². The Bertz CT molecular complexity index is 1270. The predicted molar refractivity (Wildman–Crippen MR) is 163 cm³/mol. The van der Waals surface area contributed by atoms with E-state index in [0.717, 1.165) is 22.9 Å².